The molecule has 0 unspecified atom stereocenters. The molecule has 138 valence electrons. The topological polar surface area (TPSA) is 70.4 Å². The average Bonchev–Trinajstić information content (AvgIpc) is 3.04. The van der Waals surface area contributed by atoms with Crippen molar-refractivity contribution in [3.05, 3.63) is 35.4 Å². The van der Waals surface area contributed by atoms with Gasteiger partial charge >= 0.3 is 5.97 Å². The third kappa shape index (κ3) is 3.90. The molecule has 1 amide bonds. The summed E-state index contributed by atoms with van der Waals surface area (Å²) in [6.45, 7) is 5.12. The fraction of sp³-hybridized carbons (Fsp3) is 0.571. The summed E-state index contributed by atoms with van der Waals surface area (Å²) in [5.41, 5.74) is 1.42. The maximum absolute atomic E-state index is 12.5. The van der Waals surface area contributed by atoms with Crippen LogP contribution in [0.2, 0.25) is 0 Å². The molecule has 1 aliphatic heterocycles. The number of rotatable bonds is 4. The van der Waals surface area contributed by atoms with E-state index in [0.29, 0.717) is 23.9 Å². The molecule has 2 fully saturated rings. The van der Waals surface area contributed by atoms with E-state index in [2.05, 4.69) is 19.9 Å². The van der Waals surface area contributed by atoms with Crippen LogP contribution >= 0.6 is 0 Å². The van der Waals surface area contributed by atoms with E-state index in [1.54, 1.807) is 24.3 Å². The molecule has 4 atom stereocenters. The summed E-state index contributed by atoms with van der Waals surface area (Å²) in [5, 5.41) is 8.81. The maximum atomic E-state index is 12.5. The van der Waals surface area contributed by atoms with Gasteiger partial charge in [-0.1, -0.05) is 38.8 Å². The van der Waals surface area contributed by atoms with Crippen LogP contribution in [0.25, 0.3) is 0 Å². The van der Waals surface area contributed by atoms with E-state index >= 15 is 0 Å². The number of hydrogen-bond acceptors (Lipinski definition) is 4. The molecule has 1 aliphatic carbocycles. The van der Waals surface area contributed by atoms with Crippen LogP contribution in [0.1, 0.15) is 50.7 Å². The molecule has 26 heavy (non-hydrogen) atoms. The molecule has 1 aromatic rings. The second kappa shape index (κ2) is 7.90. The molecule has 5 heteroatoms. The van der Waals surface area contributed by atoms with E-state index in [4.69, 9.17) is 10.00 Å². The molecule has 1 heterocycles. The Labute approximate surface area is 154 Å². The van der Waals surface area contributed by atoms with Crippen molar-refractivity contribution in [1.82, 2.24) is 4.90 Å². The SMILES string of the molecule is C[C@H]1[C@H](N2C[C@H](C(=O)OCc3ccc(C#N)cc3)CC2=O)CCC[C@@H]1C. The fourth-order valence-corrected chi connectivity index (χ4v) is 4.15. The molecule has 1 saturated heterocycles. The standard InChI is InChI=1S/C21H26N2O3/c1-14-4-3-5-19(15(14)2)23-12-18(10-20(23)24)21(25)26-13-17-8-6-16(11-22)7-9-17/h6-9,14-15,18-19H,3-5,10,12-13H2,1-2H3/t14-,15+,18+,19+/m0/s1. The van der Waals surface area contributed by atoms with Crippen molar-refractivity contribution >= 4 is 11.9 Å². The predicted molar refractivity (Wildman–Crippen MR) is 96.7 cm³/mol. The van der Waals surface area contributed by atoms with Crippen LogP contribution in [0.15, 0.2) is 24.3 Å². The maximum Gasteiger partial charge on any atom is 0.311 e. The molecule has 0 N–H and O–H groups in total. The molecule has 0 spiro atoms. The van der Waals surface area contributed by atoms with Gasteiger partial charge in [0.05, 0.1) is 17.6 Å². The molecular formula is C21H26N2O3. The monoisotopic (exact) mass is 354 g/mol. The number of ether oxygens (including phenoxy) is 1. The smallest absolute Gasteiger partial charge is 0.311 e. The zero-order valence-electron chi connectivity index (χ0n) is 15.5. The lowest BCUT2D eigenvalue weighted by atomic mass is 9.77. The van der Waals surface area contributed by atoms with Crippen molar-refractivity contribution in [1.29, 1.82) is 5.26 Å². The fourth-order valence-electron chi connectivity index (χ4n) is 4.15. The van der Waals surface area contributed by atoms with E-state index in [1.165, 1.54) is 6.42 Å². The third-order valence-electron chi connectivity index (χ3n) is 6.02. The molecule has 2 aliphatic rings. The first-order chi connectivity index (χ1) is 12.5. The van der Waals surface area contributed by atoms with Crippen molar-refractivity contribution in [2.45, 2.75) is 52.2 Å². The number of esters is 1. The van der Waals surface area contributed by atoms with Gasteiger partial charge in [-0.25, -0.2) is 0 Å². The number of amides is 1. The summed E-state index contributed by atoms with van der Waals surface area (Å²) >= 11 is 0. The summed E-state index contributed by atoms with van der Waals surface area (Å²) < 4.78 is 5.42. The van der Waals surface area contributed by atoms with Crippen LogP contribution in [0.5, 0.6) is 0 Å². The van der Waals surface area contributed by atoms with Gasteiger partial charge < -0.3 is 9.64 Å². The highest BCUT2D eigenvalue weighted by atomic mass is 16.5. The van der Waals surface area contributed by atoms with Crippen LogP contribution in [0, 0.1) is 29.1 Å². The number of nitriles is 1. The second-order valence-electron chi connectivity index (χ2n) is 7.70. The number of benzene rings is 1. The third-order valence-corrected chi connectivity index (χ3v) is 6.02. The molecule has 0 radical (unpaired) electrons. The highest BCUT2D eigenvalue weighted by Gasteiger charge is 2.42. The first kappa shape index (κ1) is 18.4. The van der Waals surface area contributed by atoms with Crippen molar-refractivity contribution in [3.63, 3.8) is 0 Å². The highest BCUT2D eigenvalue weighted by Crippen LogP contribution is 2.35. The Hall–Kier alpha value is -2.35. The van der Waals surface area contributed by atoms with Gasteiger partial charge in [0.1, 0.15) is 6.61 Å². The zero-order valence-corrected chi connectivity index (χ0v) is 15.5. The van der Waals surface area contributed by atoms with Gasteiger partial charge in [0.15, 0.2) is 0 Å². The van der Waals surface area contributed by atoms with Gasteiger partial charge in [-0.05, 0) is 36.0 Å². The summed E-state index contributed by atoms with van der Waals surface area (Å²) in [6, 6.07) is 9.28. The molecular weight excluding hydrogens is 328 g/mol. The molecule has 1 saturated carbocycles. The van der Waals surface area contributed by atoms with E-state index in [0.717, 1.165) is 18.4 Å². The van der Waals surface area contributed by atoms with Crippen LogP contribution in [0.4, 0.5) is 0 Å². The minimum atomic E-state index is -0.370. The van der Waals surface area contributed by atoms with Crippen LogP contribution in [0.3, 0.4) is 0 Å². The number of hydrogen-bond donors (Lipinski definition) is 0. The largest absolute Gasteiger partial charge is 0.461 e. The summed E-state index contributed by atoms with van der Waals surface area (Å²) in [4.78, 5) is 26.8. The predicted octanol–water partition coefficient (Wildman–Crippen LogP) is 3.27. The molecule has 5 nitrogen and oxygen atoms in total. The number of carbonyl (C=O) groups is 2. The number of likely N-dealkylation sites (tertiary alicyclic amines) is 1. The van der Waals surface area contributed by atoms with E-state index in [9.17, 15) is 9.59 Å². The average molecular weight is 354 g/mol. The lowest BCUT2D eigenvalue weighted by Gasteiger charge is -2.39. The summed E-state index contributed by atoms with van der Waals surface area (Å²) in [5.74, 6) is 0.494. The minimum absolute atomic E-state index is 0.0799. The Balaban J connectivity index is 1.55. The summed E-state index contributed by atoms with van der Waals surface area (Å²) in [6.07, 6.45) is 3.65. The van der Waals surface area contributed by atoms with Crippen LogP contribution in [-0.4, -0.2) is 29.4 Å². The van der Waals surface area contributed by atoms with Crippen molar-refractivity contribution in [2.24, 2.45) is 17.8 Å². The van der Waals surface area contributed by atoms with E-state index in [-0.39, 0.29) is 36.9 Å². The Morgan fingerprint density at radius 3 is 2.69 bits per heavy atom. The first-order valence-corrected chi connectivity index (χ1v) is 9.44. The second-order valence-corrected chi connectivity index (χ2v) is 7.70. The number of nitrogens with zero attached hydrogens (tertiary/aromatic N) is 2. The molecule has 1 aromatic carbocycles. The minimum Gasteiger partial charge on any atom is -0.461 e. The van der Waals surface area contributed by atoms with Crippen LogP contribution in [-0.2, 0) is 20.9 Å². The lowest BCUT2D eigenvalue weighted by Crippen LogP contribution is -2.45. The van der Waals surface area contributed by atoms with E-state index < -0.39 is 0 Å². The zero-order chi connectivity index (χ0) is 18.7. The highest BCUT2D eigenvalue weighted by molar-refractivity contribution is 5.87. The van der Waals surface area contributed by atoms with E-state index in [1.807, 2.05) is 4.90 Å². The van der Waals surface area contributed by atoms with Crippen molar-refractivity contribution in [3.8, 4) is 6.07 Å². The van der Waals surface area contributed by atoms with Crippen molar-refractivity contribution in [2.75, 3.05) is 6.54 Å². The first-order valence-electron chi connectivity index (χ1n) is 9.44. The quantitative estimate of drug-likeness (QED) is 0.778. The number of carbonyl (C=O) groups excluding carboxylic acids is 2. The molecule has 0 bridgehead atoms. The molecule has 0 aromatic heterocycles. The van der Waals surface area contributed by atoms with Crippen molar-refractivity contribution < 1.29 is 14.3 Å². The van der Waals surface area contributed by atoms with Gasteiger partial charge in [0, 0.05) is 19.0 Å². The van der Waals surface area contributed by atoms with Gasteiger partial charge in [0.2, 0.25) is 5.91 Å². The van der Waals surface area contributed by atoms with Gasteiger partial charge in [-0.2, -0.15) is 5.26 Å². The van der Waals surface area contributed by atoms with Gasteiger partial charge in [-0.3, -0.25) is 9.59 Å². The van der Waals surface area contributed by atoms with Crippen LogP contribution < -0.4 is 0 Å². The Morgan fingerprint density at radius 2 is 2.00 bits per heavy atom. The summed E-state index contributed by atoms with van der Waals surface area (Å²) in [7, 11) is 0. The molecule has 3 rings (SSSR count). The normalized spacial score (nSPS) is 28.7. The van der Waals surface area contributed by atoms with Gasteiger partial charge in [0.25, 0.3) is 0 Å². The Kier molecular flexibility index (Phi) is 5.61. The Morgan fingerprint density at radius 1 is 1.27 bits per heavy atom. The lowest BCUT2D eigenvalue weighted by molar-refractivity contribution is -0.149. The Bertz CT molecular complexity index is 707. The van der Waals surface area contributed by atoms with Gasteiger partial charge in [-0.15, -0.1) is 0 Å².